The summed E-state index contributed by atoms with van der Waals surface area (Å²) in [5.41, 5.74) is 0.477. The van der Waals surface area contributed by atoms with Gasteiger partial charge in [-0.2, -0.15) is 4.31 Å². The van der Waals surface area contributed by atoms with Gasteiger partial charge in [-0.05, 0) is 24.3 Å². The van der Waals surface area contributed by atoms with Crippen molar-refractivity contribution >= 4 is 27.4 Å². The average molecular weight is 386 g/mol. The van der Waals surface area contributed by atoms with E-state index < -0.39 is 27.5 Å². The minimum absolute atomic E-state index is 0.0179. The Morgan fingerprint density at radius 1 is 1.19 bits per heavy atom. The minimum Gasteiger partial charge on any atom is -0.293 e. The molecule has 27 heavy (non-hydrogen) atoms. The van der Waals surface area contributed by atoms with Crippen LogP contribution in [0.25, 0.3) is 0 Å². The third kappa shape index (κ3) is 3.23. The Kier molecular flexibility index (Phi) is 4.83. The number of hydrogen-bond acceptors (Lipinski definition) is 4. The van der Waals surface area contributed by atoms with E-state index in [9.17, 15) is 22.4 Å². The van der Waals surface area contributed by atoms with Crippen molar-refractivity contribution in [2.24, 2.45) is 0 Å². The van der Waals surface area contributed by atoms with Crippen LogP contribution in [-0.2, 0) is 21.4 Å². The van der Waals surface area contributed by atoms with Crippen molar-refractivity contribution in [2.75, 3.05) is 18.5 Å². The quantitative estimate of drug-likeness (QED) is 0.580. The molecule has 138 valence electrons. The number of ketones is 1. The van der Waals surface area contributed by atoms with Crippen LogP contribution in [0.2, 0.25) is 0 Å². The fourth-order valence-electron chi connectivity index (χ4n) is 2.82. The van der Waals surface area contributed by atoms with Crippen LogP contribution in [0, 0.1) is 18.2 Å². The van der Waals surface area contributed by atoms with Gasteiger partial charge in [0.05, 0.1) is 22.7 Å². The highest BCUT2D eigenvalue weighted by molar-refractivity contribution is 7.89. The Hall–Kier alpha value is -3.02. The first-order valence-electron chi connectivity index (χ1n) is 7.91. The number of carbonyl (C=O) groups excluding carboxylic acids is 2. The molecule has 0 radical (unpaired) electrons. The monoisotopic (exact) mass is 386 g/mol. The molecule has 0 saturated heterocycles. The molecule has 0 aliphatic carbocycles. The fourth-order valence-corrected chi connectivity index (χ4v) is 4.00. The van der Waals surface area contributed by atoms with E-state index in [0.29, 0.717) is 0 Å². The number of rotatable bonds is 5. The lowest BCUT2D eigenvalue weighted by Gasteiger charge is -2.18. The molecule has 2 aromatic rings. The van der Waals surface area contributed by atoms with Crippen LogP contribution in [0.1, 0.15) is 15.9 Å². The first-order chi connectivity index (χ1) is 12.8. The predicted molar refractivity (Wildman–Crippen MR) is 97.0 cm³/mol. The Morgan fingerprint density at radius 2 is 1.89 bits per heavy atom. The lowest BCUT2D eigenvalue weighted by molar-refractivity contribution is -0.114. The minimum atomic E-state index is -4.00. The number of halogens is 1. The van der Waals surface area contributed by atoms with Crippen LogP contribution in [0.4, 0.5) is 10.1 Å². The van der Waals surface area contributed by atoms with Crippen molar-refractivity contribution in [2.45, 2.75) is 11.4 Å². The van der Waals surface area contributed by atoms with Crippen molar-refractivity contribution in [1.29, 1.82) is 0 Å². The number of sulfonamides is 1. The highest BCUT2D eigenvalue weighted by Crippen LogP contribution is 2.31. The lowest BCUT2D eigenvalue weighted by atomic mass is 10.1. The first kappa shape index (κ1) is 18.8. The summed E-state index contributed by atoms with van der Waals surface area (Å²) in [5, 5.41) is 0. The molecule has 1 amide bonds. The zero-order valence-electron chi connectivity index (χ0n) is 14.3. The number of anilines is 1. The smallest absolute Gasteiger partial charge is 0.293 e. The highest BCUT2D eigenvalue weighted by Gasteiger charge is 2.36. The van der Waals surface area contributed by atoms with Crippen LogP contribution in [-0.4, -0.2) is 38.0 Å². The van der Waals surface area contributed by atoms with Gasteiger partial charge >= 0.3 is 0 Å². The number of fused-ring (bicyclic) bond motifs is 1. The van der Waals surface area contributed by atoms with E-state index in [1.165, 1.54) is 37.4 Å². The third-order valence-electron chi connectivity index (χ3n) is 4.25. The number of amides is 1. The third-order valence-corrected chi connectivity index (χ3v) is 6.05. The number of terminal acetylenes is 1. The van der Waals surface area contributed by atoms with Crippen molar-refractivity contribution < 1.29 is 22.4 Å². The standard InChI is InChI=1S/C19H15FN2O4S/c1-3-10-22-17-9-8-14(11-15(17)18(23)19(22)24)27(25,26)21(2)12-13-6-4-5-7-16(13)20/h1,4-9,11H,10,12H2,2H3. The first-order valence-corrected chi connectivity index (χ1v) is 9.35. The highest BCUT2D eigenvalue weighted by atomic mass is 32.2. The van der Waals surface area contributed by atoms with Crippen molar-refractivity contribution in [1.82, 2.24) is 4.31 Å². The molecule has 1 aliphatic rings. The molecular weight excluding hydrogens is 371 g/mol. The van der Waals surface area contributed by atoms with Gasteiger partial charge in [-0.15, -0.1) is 6.42 Å². The van der Waals surface area contributed by atoms with Gasteiger partial charge in [0.2, 0.25) is 10.0 Å². The fraction of sp³-hybridized carbons (Fsp3) is 0.158. The molecule has 3 rings (SSSR count). The Balaban J connectivity index is 1.95. The van der Waals surface area contributed by atoms with Gasteiger partial charge in [0.15, 0.2) is 0 Å². The van der Waals surface area contributed by atoms with Gasteiger partial charge in [-0.3, -0.25) is 14.5 Å². The molecule has 0 spiro atoms. The summed E-state index contributed by atoms with van der Waals surface area (Å²) in [6.45, 7) is -0.265. The van der Waals surface area contributed by atoms with E-state index in [4.69, 9.17) is 6.42 Å². The number of nitrogens with zero attached hydrogens (tertiary/aromatic N) is 2. The van der Waals surface area contributed by atoms with Crippen LogP contribution in [0.15, 0.2) is 47.4 Å². The van der Waals surface area contributed by atoms with Crippen molar-refractivity contribution in [3.05, 3.63) is 59.4 Å². The molecule has 0 unspecified atom stereocenters. The van der Waals surface area contributed by atoms with E-state index in [2.05, 4.69) is 5.92 Å². The van der Waals surface area contributed by atoms with Gasteiger partial charge in [0, 0.05) is 19.2 Å². The summed E-state index contributed by atoms with van der Waals surface area (Å²) in [6.07, 6.45) is 5.21. The summed E-state index contributed by atoms with van der Waals surface area (Å²) in [7, 11) is -2.69. The Morgan fingerprint density at radius 3 is 2.56 bits per heavy atom. The van der Waals surface area contributed by atoms with Gasteiger partial charge < -0.3 is 0 Å². The summed E-state index contributed by atoms with van der Waals surface area (Å²) in [6, 6.07) is 9.68. The number of carbonyl (C=O) groups is 2. The molecule has 1 heterocycles. The Bertz CT molecular complexity index is 1090. The number of benzene rings is 2. The van der Waals surface area contributed by atoms with Gasteiger partial charge in [-0.25, -0.2) is 12.8 Å². The normalized spacial score (nSPS) is 13.8. The molecule has 0 atom stereocenters. The van der Waals surface area contributed by atoms with Crippen molar-refractivity contribution in [3.8, 4) is 12.3 Å². The molecular formula is C19H15FN2O4S. The van der Waals surface area contributed by atoms with Crippen molar-refractivity contribution in [3.63, 3.8) is 0 Å². The molecule has 2 aromatic carbocycles. The SMILES string of the molecule is C#CCN1C(=O)C(=O)c2cc(S(=O)(=O)N(C)Cc3ccccc3F)ccc21. The van der Waals surface area contributed by atoms with E-state index in [-0.39, 0.29) is 34.8 Å². The maximum atomic E-state index is 13.8. The summed E-state index contributed by atoms with van der Waals surface area (Å²) >= 11 is 0. The van der Waals surface area contributed by atoms with E-state index in [1.807, 2.05) is 0 Å². The van der Waals surface area contributed by atoms with Crippen LogP contribution in [0.5, 0.6) is 0 Å². The second-order valence-electron chi connectivity index (χ2n) is 5.96. The lowest BCUT2D eigenvalue weighted by Crippen LogP contribution is -2.29. The average Bonchev–Trinajstić information content (AvgIpc) is 2.88. The Labute approximate surface area is 156 Å². The molecule has 6 nitrogen and oxygen atoms in total. The summed E-state index contributed by atoms with van der Waals surface area (Å²) < 4.78 is 40.4. The molecule has 0 N–H and O–H groups in total. The maximum absolute atomic E-state index is 13.8. The summed E-state index contributed by atoms with van der Waals surface area (Å²) in [5.74, 6) is 0.168. The molecule has 0 aromatic heterocycles. The van der Waals surface area contributed by atoms with Gasteiger partial charge in [-0.1, -0.05) is 24.1 Å². The molecule has 0 saturated carbocycles. The molecule has 8 heteroatoms. The van der Waals surface area contributed by atoms with E-state index in [0.717, 1.165) is 15.3 Å². The zero-order valence-corrected chi connectivity index (χ0v) is 15.2. The molecule has 0 fully saturated rings. The van der Waals surface area contributed by atoms with Crippen LogP contribution in [0.3, 0.4) is 0 Å². The molecule has 1 aliphatic heterocycles. The largest absolute Gasteiger partial charge is 0.300 e. The van der Waals surface area contributed by atoms with E-state index >= 15 is 0 Å². The summed E-state index contributed by atoms with van der Waals surface area (Å²) in [4.78, 5) is 25.1. The van der Waals surface area contributed by atoms with Gasteiger partial charge in [0.25, 0.3) is 11.7 Å². The maximum Gasteiger partial charge on any atom is 0.300 e. The molecule has 0 bridgehead atoms. The van der Waals surface area contributed by atoms with Crippen LogP contribution >= 0.6 is 0 Å². The van der Waals surface area contributed by atoms with Gasteiger partial charge in [0.1, 0.15) is 5.82 Å². The zero-order chi connectivity index (χ0) is 19.8. The number of Topliss-reactive ketones (excluding diaryl/α,β-unsaturated/α-hetero) is 1. The second kappa shape index (κ2) is 6.95. The van der Waals surface area contributed by atoms with Crippen LogP contribution < -0.4 is 4.90 Å². The predicted octanol–water partition coefficient (Wildman–Crippen LogP) is 1.81. The second-order valence-corrected chi connectivity index (χ2v) is 8.00. The van der Waals surface area contributed by atoms with E-state index in [1.54, 1.807) is 6.07 Å². The topological polar surface area (TPSA) is 74.8 Å². The number of hydrogen-bond donors (Lipinski definition) is 0.